The molecular formula is C13H9Cl2NO3. The molecule has 0 bridgehead atoms. The molecule has 3 N–H and O–H groups in total. The van der Waals surface area contributed by atoms with E-state index in [9.17, 15) is 9.90 Å². The first kappa shape index (κ1) is 13.5. The van der Waals surface area contributed by atoms with Crippen LogP contribution in [0.15, 0.2) is 36.4 Å². The van der Waals surface area contributed by atoms with Crippen molar-refractivity contribution >= 4 is 40.5 Å². The molecule has 0 atom stereocenters. The number of phenolic OH excluding ortho intramolecular Hbond substituents is 1. The van der Waals surface area contributed by atoms with Crippen LogP contribution in [0.4, 0.5) is 11.4 Å². The number of anilines is 2. The number of benzene rings is 2. The van der Waals surface area contributed by atoms with Crippen molar-refractivity contribution in [3.63, 3.8) is 0 Å². The Bertz CT molecular complexity index is 644. The number of aromatic carboxylic acids is 1. The maximum atomic E-state index is 11.1. The summed E-state index contributed by atoms with van der Waals surface area (Å²) in [5.41, 5.74) is 0.916. The number of nitrogens with one attached hydrogen (secondary N) is 1. The molecule has 0 spiro atoms. The highest BCUT2D eigenvalue weighted by molar-refractivity contribution is 6.44. The summed E-state index contributed by atoms with van der Waals surface area (Å²) in [6.45, 7) is 0. The van der Waals surface area contributed by atoms with Crippen LogP contribution in [0.2, 0.25) is 10.0 Å². The lowest BCUT2D eigenvalue weighted by Crippen LogP contribution is -2.02. The number of carbonyl (C=O) groups is 1. The minimum atomic E-state index is -1.05. The predicted octanol–water partition coefficient (Wildman–Crippen LogP) is 4.14. The first-order valence-electron chi connectivity index (χ1n) is 5.27. The number of hydrogen-bond donors (Lipinski definition) is 3. The monoisotopic (exact) mass is 297 g/mol. The molecule has 0 heterocycles. The van der Waals surface area contributed by atoms with Crippen LogP contribution in [0.5, 0.6) is 5.75 Å². The molecule has 0 fully saturated rings. The predicted molar refractivity (Wildman–Crippen MR) is 74.8 cm³/mol. The highest BCUT2D eigenvalue weighted by Gasteiger charge is 2.13. The van der Waals surface area contributed by atoms with Gasteiger partial charge in [-0.1, -0.05) is 35.3 Å². The van der Waals surface area contributed by atoms with Gasteiger partial charge in [0.15, 0.2) is 0 Å². The van der Waals surface area contributed by atoms with E-state index in [-0.39, 0.29) is 21.4 Å². The van der Waals surface area contributed by atoms with Gasteiger partial charge in [0.05, 0.1) is 22.0 Å². The first-order valence-corrected chi connectivity index (χ1v) is 6.02. The van der Waals surface area contributed by atoms with Crippen molar-refractivity contribution in [2.75, 3.05) is 5.32 Å². The minimum absolute atomic E-state index is 0.0134. The van der Waals surface area contributed by atoms with Crippen LogP contribution in [0, 0.1) is 0 Å². The van der Waals surface area contributed by atoms with Crippen LogP contribution in [0.25, 0.3) is 0 Å². The van der Waals surface area contributed by atoms with Crippen molar-refractivity contribution < 1.29 is 15.0 Å². The topological polar surface area (TPSA) is 69.6 Å². The number of aromatic hydroxyl groups is 1. The van der Waals surface area contributed by atoms with E-state index < -0.39 is 5.97 Å². The van der Waals surface area contributed by atoms with Gasteiger partial charge in [-0.05, 0) is 24.3 Å². The van der Waals surface area contributed by atoms with Crippen LogP contribution in [0.3, 0.4) is 0 Å². The maximum Gasteiger partial charge on any atom is 0.337 e. The normalized spacial score (nSPS) is 10.2. The lowest BCUT2D eigenvalue weighted by Gasteiger charge is -2.12. The van der Waals surface area contributed by atoms with Crippen LogP contribution < -0.4 is 5.32 Å². The van der Waals surface area contributed by atoms with Gasteiger partial charge in [-0.3, -0.25) is 0 Å². The highest BCUT2D eigenvalue weighted by Crippen LogP contribution is 2.38. The van der Waals surface area contributed by atoms with E-state index in [4.69, 9.17) is 28.3 Å². The van der Waals surface area contributed by atoms with Gasteiger partial charge in [0, 0.05) is 0 Å². The molecule has 0 aliphatic heterocycles. The molecule has 0 saturated heterocycles. The molecule has 6 heteroatoms. The van der Waals surface area contributed by atoms with Gasteiger partial charge in [-0.15, -0.1) is 0 Å². The van der Waals surface area contributed by atoms with E-state index in [1.807, 2.05) is 0 Å². The third-order valence-electron chi connectivity index (χ3n) is 2.49. The lowest BCUT2D eigenvalue weighted by molar-refractivity contribution is 0.0698. The fourth-order valence-corrected chi connectivity index (χ4v) is 1.93. The third-order valence-corrected chi connectivity index (χ3v) is 3.36. The van der Waals surface area contributed by atoms with Crippen LogP contribution >= 0.6 is 23.2 Å². The standard InChI is InChI=1S/C13H9Cl2NO3/c14-11-9(5-6-10(17)12(11)15)16-8-4-2-1-3-7(8)13(18)19/h1-6,16-17H,(H,18,19). The summed E-state index contributed by atoms with van der Waals surface area (Å²) >= 11 is 11.8. The zero-order valence-corrected chi connectivity index (χ0v) is 11.0. The Hall–Kier alpha value is -1.91. The summed E-state index contributed by atoms with van der Waals surface area (Å²) < 4.78 is 0. The second kappa shape index (κ2) is 5.38. The molecule has 2 rings (SSSR count). The van der Waals surface area contributed by atoms with E-state index in [0.29, 0.717) is 11.4 Å². The SMILES string of the molecule is O=C(O)c1ccccc1Nc1ccc(O)c(Cl)c1Cl. The Morgan fingerprint density at radius 3 is 2.37 bits per heavy atom. The summed E-state index contributed by atoms with van der Waals surface area (Å²) in [5, 5.41) is 21.5. The van der Waals surface area contributed by atoms with E-state index >= 15 is 0 Å². The molecule has 19 heavy (non-hydrogen) atoms. The highest BCUT2D eigenvalue weighted by atomic mass is 35.5. The number of para-hydroxylation sites is 1. The smallest absolute Gasteiger partial charge is 0.337 e. The van der Waals surface area contributed by atoms with E-state index in [1.165, 1.54) is 18.2 Å². The van der Waals surface area contributed by atoms with Gasteiger partial charge in [0.2, 0.25) is 0 Å². The number of carboxylic acid groups (broad SMARTS) is 1. The molecule has 0 aliphatic carbocycles. The maximum absolute atomic E-state index is 11.1. The van der Waals surface area contributed by atoms with Crippen LogP contribution in [0.1, 0.15) is 10.4 Å². The summed E-state index contributed by atoms with van der Waals surface area (Å²) in [4.78, 5) is 11.1. The van der Waals surface area contributed by atoms with Crippen molar-refractivity contribution in [1.82, 2.24) is 0 Å². The van der Waals surface area contributed by atoms with Crippen molar-refractivity contribution in [3.05, 3.63) is 52.0 Å². The van der Waals surface area contributed by atoms with Crippen LogP contribution in [-0.2, 0) is 0 Å². The number of rotatable bonds is 3. The average Bonchev–Trinajstić information content (AvgIpc) is 2.40. The van der Waals surface area contributed by atoms with Gasteiger partial charge < -0.3 is 15.5 Å². The molecule has 0 aliphatic rings. The quantitative estimate of drug-likeness (QED) is 0.745. The fourth-order valence-electron chi connectivity index (χ4n) is 1.56. The van der Waals surface area contributed by atoms with Crippen molar-refractivity contribution in [2.24, 2.45) is 0 Å². The zero-order valence-electron chi connectivity index (χ0n) is 9.52. The Labute approximate surface area is 119 Å². The Morgan fingerprint density at radius 1 is 1.00 bits per heavy atom. The summed E-state index contributed by atoms with van der Waals surface area (Å²) in [6, 6.07) is 9.30. The Balaban J connectivity index is 2.42. The molecule has 0 saturated carbocycles. The van der Waals surface area contributed by atoms with E-state index in [0.717, 1.165) is 0 Å². The van der Waals surface area contributed by atoms with Crippen molar-refractivity contribution in [3.8, 4) is 5.75 Å². The zero-order chi connectivity index (χ0) is 14.0. The molecule has 2 aromatic carbocycles. The van der Waals surface area contributed by atoms with Gasteiger partial charge in [-0.2, -0.15) is 0 Å². The fraction of sp³-hybridized carbons (Fsp3) is 0. The summed E-state index contributed by atoms with van der Waals surface area (Å²) in [6.07, 6.45) is 0. The average molecular weight is 298 g/mol. The molecule has 0 radical (unpaired) electrons. The van der Waals surface area contributed by atoms with Gasteiger partial charge >= 0.3 is 5.97 Å². The number of carboxylic acids is 1. The molecular weight excluding hydrogens is 289 g/mol. The van der Waals surface area contributed by atoms with Crippen molar-refractivity contribution in [1.29, 1.82) is 0 Å². The molecule has 4 nitrogen and oxygen atoms in total. The molecule has 0 aromatic heterocycles. The van der Waals surface area contributed by atoms with Gasteiger partial charge in [0.1, 0.15) is 10.8 Å². The second-order valence-corrected chi connectivity index (χ2v) is 4.49. The first-order chi connectivity index (χ1) is 9.00. The van der Waals surface area contributed by atoms with Crippen molar-refractivity contribution in [2.45, 2.75) is 0 Å². The van der Waals surface area contributed by atoms with Gasteiger partial charge in [-0.25, -0.2) is 4.79 Å². The lowest BCUT2D eigenvalue weighted by atomic mass is 10.1. The molecule has 0 unspecified atom stereocenters. The molecule has 0 amide bonds. The van der Waals surface area contributed by atoms with E-state index in [1.54, 1.807) is 18.2 Å². The minimum Gasteiger partial charge on any atom is -0.506 e. The third kappa shape index (κ3) is 2.75. The summed E-state index contributed by atoms with van der Waals surface area (Å²) in [7, 11) is 0. The number of phenols is 1. The number of halogens is 2. The molecule has 2 aromatic rings. The van der Waals surface area contributed by atoms with Crippen LogP contribution in [-0.4, -0.2) is 16.2 Å². The van der Waals surface area contributed by atoms with Gasteiger partial charge in [0.25, 0.3) is 0 Å². The second-order valence-electron chi connectivity index (χ2n) is 3.74. The Kier molecular flexibility index (Phi) is 3.83. The Morgan fingerprint density at radius 2 is 1.68 bits per heavy atom. The molecule has 98 valence electrons. The summed E-state index contributed by atoms with van der Waals surface area (Å²) in [5.74, 6) is -1.19. The van der Waals surface area contributed by atoms with E-state index in [2.05, 4.69) is 5.32 Å². The number of hydrogen-bond acceptors (Lipinski definition) is 3. The largest absolute Gasteiger partial charge is 0.506 e.